The highest BCUT2D eigenvalue weighted by Gasteiger charge is 2.45. The number of esters is 1. The maximum atomic E-state index is 12.0. The molecule has 1 fully saturated rings. The van der Waals surface area contributed by atoms with Crippen LogP contribution in [0.5, 0.6) is 11.5 Å². The van der Waals surface area contributed by atoms with E-state index < -0.39 is 11.6 Å². The molecule has 0 radical (unpaired) electrons. The third-order valence-electron chi connectivity index (χ3n) is 5.91. The summed E-state index contributed by atoms with van der Waals surface area (Å²) in [6.45, 7) is 0. The molecule has 0 spiro atoms. The number of ether oxygens (including phenoxy) is 2. The van der Waals surface area contributed by atoms with Crippen molar-refractivity contribution in [3.05, 3.63) is 72.0 Å². The van der Waals surface area contributed by atoms with E-state index in [9.17, 15) is 9.90 Å². The first-order valence-electron chi connectivity index (χ1n) is 10.1. The zero-order valence-corrected chi connectivity index (χ0v) is 16.0. The van der Waals surface area contributed by atoms with E-state index in [-0.39, 0.29) is 5.76 Å². The van der Waals surface area contributed by atoms with Crippen LogP contribution in [0.4, 0.5) is 0 Å². The molecule has 1 atom stereocenters. The maximum absolute atomic E-state index is 12.0. The minimum Gasteiger partial charge on any atom is -0.512 e. The first-order valence-corrected chi connectivity index (χ1v) is 10.1. The van der Waals surface area contributed by atoms with Gasteiger partial charge in [-0.15, -0.1) is 0 Å². The number of rotatable bonds is 6. The molecule has 2 aromatic rings. The molecule has 1 unspecified atom stereocenters. The second-order valence-corrected chi connectivity index (χ2v) is 7.84. The molecule has 28 heavy (non-hydrogen) atoms. The molecule has 1 aliphatic carbocycles. The second-order valence-electron chi connectivity index (χ2n) is 7.84. The molecular formula is C24H26O4. The lowest BCUT2D eigenvalue weighted by molar-refractivity contribution is -0.165. The third-order valence-corrected chi connectivity index (χ3v) is 5.91. The van der Waals surface area contributed by atoms with Crippen LogP contribution in [0.15, 0.2) is 66.4 Å². The molecule has 4 nitrogen and oxygen atoms in total. The monoisotopic (exact) mass is 378 g/mol. The van der Waals surface area contributed by atoms with Crippen molar-refractivity contribution < 1.29 is 19.4 Å². The van der Waals surface area contributed by atoms with E-state index >= 15 is 0 Å². The summed E-state index contributed by atoms with van der Waals surface area (Å²) in [5, 5.41) is 10.1. The van der Waals surface area contributed by atoms with Crippen molar-refractivity contribution in [3.8, 4) is 11.5 Å². The molecule has 1 heterocycles. The zero-order chi connectivity index (χ0) is 19.4. The molecule has 0 saturated heterocycles. The Balaban J connectivity index is 1.44. The molecule has 2 aromatic carbocycles. The highest BCUT2D eigenvalue weighted by molar-refractivity contribution is 5.83. The third kappa shape index (κ3) is 4.22. The summed E-state index contributed by atoms with van der Waals surface area (Å²) in [7, 11) is 0. The molecule has 1 saturated carbocycles. The van der Waals surface area contributed by atoms with Crippen LogP contribution in [0.1, 0.15) is 44.1 Å². The van der Waals surface area contributed by atoms with Crippen LogP contribution in [-0.2, 0) is 16.0 Å². The molecule has 0 amide bonds. The van der Waals surface area contributed by atoms with E-state index in [2.05, 4.69) is 12.1 Å². The van der Waals surface area contributed by atoms with Gasteiger partial charge in [0.1, 0.15) is 22.9 Å². The summed E-state index contributed by atoms with van der Waals surface area (Å²) in [6, 6.07) is 17.8. The summed E-state index contributed by atoms with van der Waals surface area (Å²) in [5.41, 5.74) is 0.592. The fourth-order valence-electron chi connectivity index (χ4n) is 4.49. The van der Waals surface area contributed by atoms with Crippen molar-refractivity contribution in [1.29, 1.82) is 0 Å². The first-order chi connectivity index (χ1) is 13.6. The topological polar surface area (TPSA) is 55.8 Å². The highest BCUT2D eigenvalue weighted by atomic mass is 16.6. The minimum atomic E-state index is -0.578. The molecular weight excluding hydrogens is 352 g/mol. The Labute approximate surface area is 165 Å². The lowest BCUT2D eigenvalue weighted by Gasteiger charge is -2.40. The highest BCUT2D eigenvalue weighted by Crippen LogP contribution is 2.44. The Hall–Kier alpha value is -2.75. The number of carbonyl (C=O) groups is 1. The fourth-order valence-corrected chi connectivity index (χ4v) is 4.49. The van der Waals surface area contributed by atoms with E-state index in [4.69, 9.17) is 9.47 Å². The van der Waals surface area contributed by atoms with Crippen LogP contribution in [0.2, 0.25) is 0 Å². The van der Waals surface area contributed by atoms with Crippen LogP contribution in [0, 0.1) is 5.92 Å². The number of aryl methyl sites for hydroxylation is 1. The summed E-state index contributed by atoms with van der Waals surface area (Å²) in [6.07, 6.45) is 7.61. The van der Waals surface area contributed by atoms with Crippen LogP contribution < -0.4 is 4.74 Å². The Bertz CT molecular complexity index is 835. The van der Waals surface area contributed by atoms with Gasteiger partial charge < -0.3 is 14.6 Å². The zero-order valence-electron chi connectivity index (χ0n) is 16.0. The second kappa shape index (κ2) is 8.09. The number of benzene rings is 2. The Kier molecular flexibility index (Phi) is 5.38. The van der Waals surface area contributed by atoms with E-state index in [0.717, 1.165) is 37.2 Å². The van der Waals surface area contributed by atoms with Crippen LogP contribution >= 0.6 is 0 Å². The summed E-state index contributed by atoms with van der Waals surface area (Å²) >= 11 is 0. The molecule has 2 aliphatic rings. The number of aliphatic hydroxyl groups is 1. The van der Waals surface area contributed by atoms with E-state index in [0.29, 0.717) is 12.3 Å². The normalized spacial score (nSPS) is 22.6. The van der Waals surface area contributed by atoms with Gasteiger partial charge >= 0.3 is 5.97 Å². The number of hydrogen-bond donors (Lipinski definition) is 1. The number of para-hydroxylation sites is 1. The summed E-state index contributed by atoms with van der Waals surface area (Å²) in [4.78, 5) is 12.0. The van der Waals surface area contributed by atoms with E-state index in [1.54, 1.807) is 0 Å². The molecule has 1 aliphatic heterocycles. The van der Waals surface area contributed by atoms with Gasteiger partial charge in [0.05, 0.1) is 6.08 Å². The summed E-state index contributed by atoms with van der Waals surface area (Å²) < 4.78 is 11.7. The quantitative estimate of drug-likeness (QED) is 0.652. The standard InChI is InChI=1S/C24H26O4/c25-20-16-23(26)28-24(17-20,19-6-4-5-7-19)15-14-18-10-12-22(13-11-18)27-21-8-2-1-3-9-21/h1-3,8-13,16,19,25H,4-7,14-15,17H2. The van der Waals surface area contributed by atoms with Gasteiger partial charge in [-0.2, -0.15) is 0 Å². The van der Waals surface area contributed by atoms with Crippen molar-refractivity contribution in [2.75, 3.05) is 0 Å². The first kappa shape index (κ1) is 18.6. The van der Waals surface area contributed by atoms with Gasteiger partial charge in [-0.3, -0.25) is 0 Å². The largest absolute Gasteiger partial charge is 0.512 e. The van der Waals surface area contributed by atoms with Gasteiger partial charge in [-0.05, 0) is 61.4 Å². The van der Waals surface area contributed by atoms with Crippen molar-refractivity contribution in [3.63, 3.8) is 0 Å². The van der Waals surface area contributed by atoms with Gasteiger partial charge in [0.15, 0.2) is 0 Å². The summed E-state index contributed by atoms with van der Waals surface area (Å²) in [5.74, 6) is 1.67. The van der Waals surface area contributed by atoms with Gasteiger partial charge in [0.25, 0.3) is 0 Å². The van der Waals surface area contributed by atoms with E-state index in [1.165, 1.54) is 24.5 Å². The predicted octanol–water partition coefficient (Wildman–Crippen LogP) is 5.73. The van der Waals surface area contributed by atoms with Crippen molar-refractivity contribution in [2.45, 2.75) is 50.5 Å². The van der Waals surface area contributed by atoms with Gasteiger partial charge in [-0.25, -0.2) is 4.79 Å². The van der Waals surface area contributed by atoms with Gasteiger partial charge in [0.2, 0.25) is 0 Å². The van der Waals surface area contributed by atoms with Crippen LogP contribution in [0.25, 0.3) is 0 Å². The molecule has 146 valence electrons. The SMILES string of the molecule is O=C1C=C(O)CC(CCc2ccc(Oc3ccccc3)cc2)(C2CCCC2)O1. The molecule has 4 rings (SSSR count). The molecule has 4 heteroatoms. The number of aliphatic hydroxyl groups excluding tert-OH is 1. The number of cyclic esters (lactones) is 1. The maximum Gasteiger partial charge on any atom is 0.334 e. The molecule has 0 bridgehead atoms. The average Bonchev–Trinajstić information content (AvgIpc) is 3.23. The lowest BCUT2D eigenvalue weighted by Crippen LogP contribution is -2.44. The molecule has 0 aromatic heterocycles. The van der Waals surface area contributed by atoms with Crippen molar-refractivity contribution in [2.24, 2.45) is 5.92 Å². The van der Waals surface area contributed by atoms with Gasteiger partial charge in [-0.1, -0.05) is 43.2 Å². The van der Waals surface area contributed by atoms with Gasteiger partial charge in [0, 0.05) is 6.42 Å². The van der Waals surface area contributed by atoms with Crippen LogP contribution in [0.3, 0.4) is 0 Å². The average molecular weight is 378 g/mol. The number of carbonyl (C=O) groups excluding carboxylic acids is 1. The van der Waals surface area contributed by atoms with Crippen LogP contribution in [-0.4, -0.2) is 16.7 Å². The number of hydrogen-bond acceptors (Lipinski definition) is 4. The minimum absolute atomic E-state index is 0.148. The van der Waals surface area contributed by atoms with E-state index in [1.807, 2.05) is 42.5 Å². The van der Waals surface area contributed by atoms with Crippen molar-refractivity contribution in [1.82, 2.24) is 0 Å². The Morgan fingerprint density at radius 2 is 1.68 bits per heavy atom. The Morgan fingerprint density at radius 3 is 2.36 bits per heavy atom. The fraction of sp³-hybridized carbons (Fsp3) is 0.375. The molecule has 1 N–H and O–H groups in total. The predicted molar refractivity (Wildman–Crippen MR) is 107 cm³/mol. The van der Waals surface area contributed by atoms with Crippen molar-refractivity contribution >= 4 is 5.97 Å². The lowest BCUT2D eigenvalue weighted by atomic mass is 9.77. The Morgan fingerprint density at radius 1 is 1.00 bits per heavy atom. The smallest absolute Gasteiger partial charge is 0.334 e.